The van der Waals surface area contributed by atoms with E-state index in [0.29, 0.717) is 37.5 Å². The maximum Gasteiger partial charge on any atom is 0.267 e. The molecule has 3 atom stereocenters. The second kappa shape index (κ2) is 13.3. The maximum atomic E-state index is 13.3. The van der Waals surface area contributed by atoms with Gasteiger partial charge in [-0.05, 0) is 74.8 Å². The second-order valence-electron chi connectivity index (χ2n) is 13.6. The number of H-pyrrole nitrogens is 1. The molecule has 10 heteroatoms. The lowest BCUT2D eigenvalue weighted by molar-refractivity contribution is -0.0272. The van der Waals surface area contributed by atoms with Crippen molar-refractivity contribution in [1.29, 1.82) is 0 Å². The number of aliphatic hydroxyl groups is 2. The predicted octanol–water partition coefficient (Wildman–Crippen LogP) is 5.16. The molecule has 4 N–H and O–H groups in total. The number of carbonyl (C=O) groups excluding carboxylic acids is 1. The summed E-state index contributed by atoms with van der Waals surface area (Å²) in [5.41, 5.74) is 2.29. The Labute approximate surface area is 269 Å². The minimum atomic E-state index is -0.699. The Morgan fingerprint density at radius 3 is 2.80 bits per heavy atom. The van der Waals surface area contributed by atoms with Gasteiger partial charge in [0.25, 0.3) is 5.91 Å². The van der Waals surface area contributed by atoms with Crippen LogP contribution in [0.3, 0.4) is 0 Å². The first-order valence-electron chi connectivity index (χ1n) is 16.7. The SMILES string of the molecule is C[C@H]1CN(CC[C@]2(O)CC[C@@H](NC(=O)c3cc4c(OCc5coc6cc(O[C@H]7CCOC7)ccc56)cccc4[nH]3)CC2)CC[C@@H]1O. The molecule has 0 unspecified atom stereocenters. The van der Waals surface area contributed by atoms with Crippen LogP contribution >= 0.6 is 0 Å². The average molecular weight is 632 g/mol. The number of aliphatic hydroxyl groups excluding tert-OH is 1. The molecule has 1 saturated carbocycles. The van der Waals surface area contributed by atoms with E-state index in [1.807, 2.05) is 42.5 Å². The molecule has 0 radical (unpaired) electrons. The van der Waals surface area contributed by atoms with Crippen molar-refractivity contribution in [1.82, 2.24) is 15.2 Å². The van der Waals surface area contributed by atoms with Gasteiger partial charge in [0.15, 0.2) is 0 Å². The first kappa shape index (κ1) is 31.1. The van der Waals surface area contributed by atoms with Gasteiger partial charge in [0.05, 0.1) is 31.2 Å². The van der Waals surface area contributed by atoms with Crippen molar-refractivity contribution in [2.75, 3.05) is 32.8 Å². The number of rotatable bonds is 10. The number of fused-ring (bicyclic) bond motifs is 2. The highest BCUT2D eigenvalue weighted by molar-refractivity contribution is 5.99. The fourth-order valence-electron chi connectivity index (χ4n) is 7.18. The topological polar surface area (TPSA) is 129 Å². The number of aromatic amines is 1. The number of nitrogens with zero attached hydrogens (tertiary/aromatic N) is 1. The van der Waals surface area contributed by atoms with E-state index >= 15 is 0 Å². The van der Waals surface area contributed by atoms with E-state index in [1.54, 1.807) is 6.26 Å². The third kappa shape index (κ3) is 6.90. The van der Waals surface area contributed by atoms with Gasteiger partial charge in [0.1, 0.15) is 35.5 Å². The third-order valence-electron chi connectivity index (χ3n) is 10.2. The summed E-state index contributed by atoms with van der Waals surface area (Å²) in [4.78, 5) is 18.9. The van der Waals surface area contributed by atoms with Gasteiger partial charge in [-0.3, -0.25) is 4.79 Å². The van der Waals surface area contributed by atoms with Crippen molar-refractivity contribution in [2.45, 2.75) is 82.3 Å². The predicted molar refractivity (Wildman–Crippen MR) is 174 cm³/mol. The molecule has 2 aliphatic heterocycles. The summed E-state index contributed by atoms with van der Waals surface area (Å²) < 4.78 is 23.5. The van der Waals surface area contributed by atoms with Gasteiger partial charge in [-0.15, -0.1) is 0 Å². The van der Waals surface area contributed by atoms with Crippen LogP contribution in [-0.2, 0) is 11.3 Å². The number of piperidine rings is 1. The molecule has 246 valence electrons. The van der Waals surface area contributed by atoms with Gasteiger partial charge in [-0.1, -0.05) is 13.0 Å². The van der Waals surface area contributed by atoms with Gasteiger partial charge in [-0.2, -0.15) is 0 Å². The number of nitrogens with one attached hydrogen (secondary N) is 2. The van der Waals surface area contributed by atoms with Crippen LogP contribution in [0.25, 0.3) is 21.9 Å². The minimum absolute atomic E-state index is 0.0202. The molecule has 10 nitrogen and oxygen atoms in total. The third-order valence-corrected chi connectivity index (χ3v) is 10.2. The molecule has 0 bridgehead atoms. The lowest BCUT2D eigenvalue weighted by Crippen LogP contribution is -2.47. The Morgan fingerprint density at radius 2 is 2.00 bits per heavy atom. The van der Waals surface area contributed by atoms with E-state index in [4.69, 9.17) is 18.6 Å². The largest absolute Gasteiger partial charge is 0.488 e. The van der Waals surface area contributed by atoms with E-state index in [1.165, 1.54) is 0 Å². The molecule has 7 rings (SSSR count). The lowest BCUT2D eigenvalue weighted by atomic mass is 9.80. The number of aromatic nitrogens is 1. The van der Waals surface area contributed by atoms with E-state index in [9.17, 15) is 15.0 Å². The van der Waals surface area contributed by atoms with Crippen LogP contribution in [0.1, 0.15) is 67.9 Å². The monoisotopic (exact) mass is 631 g/mol. The Balaban J connectivity index is 0.929. The highest BCUT2D eigenvalue weighted by Gasteiger charge is 2.35. The first-order chi connectivity index (χ1) is 22.3. The Morgan fingerprint density at radius 1 is 1.13 bits per heavy atom. The molecule has 1 amide bonds. The zero-order valence-corrected chi connectivity index (χ0v) is 26.5. The maximum absolute atomic E-state index is 13.3. The Bertz CT molecular complexity index is 1650. The zero-order valence-electron chi connectivity index (χ0n) is 26.5. The normalized spacial score (nSPS) is 27.3. The quantitative estimate of drug-likeness (QED) is 0.189. The number of hydrogen-bond donors (Lipinski definition) is 4. The van der Waals surface area contributed by atoms with Gasteiger partial charge < -0.3 is 44.0 Å². The van der Waals surface area contributed by atoms with Crippen LogP contribution in [0.5, 0.6) is 11.5 Å². The van der Waals surface area contributed by atoms with Crippen molar-refractivity contribution in [3.05, 3.63) is 60.0 Å². The molecule has 3 fully saturated rings. The highest BCUT2D eigenvalue weighted by Crippen LogP contribution is 2.33. The molecule has 4 aromatic rings. The Kier molecular flexibility index (Phi) is 8.96. The Hall–Kier alpha value is -3.57. The highest BCUT2D eigenvalue weighted by atomic mass is 16.5. The number of furan rings is 1. The zero-order chi connectivity index (χ0) is 31.7. The van der Waals surface area contributed by atoms with E-state index < -0.39 is 5.60 Å². The fourth-order valence-corrected chi connectivity index (χ4v) is 7.18. The van der Waals surface area contributed by atoms with Gasteiger partial charge in [0.2, 0.25) is 0 Å². The summed E-state index contributed by atoms with van der Waals surface area (Å²) in [6, 6.07) is 13.5. The van der Waals surface area contributed by atoms with Crippen LogP contribution in [0.4, 0.5) is 0 Å². The molecule has 4 heterocycles. The minimum Gasteiger partial charge on any atom is -0.488 e. The molecular weight excluding hydrogens is 586 g/mol. The standard InChI is InChI=1S/C36H45N3O7/c1-23-19-39(14-9-32(23)40)15-13-36(42)11-7-25(8-12-36)37-35(41)31-18-29-30(38-31)3-2-4-33(29)44-20-24-21-45-34-17-26(5-6-28(24)34)46-27-10-16-43-22-27/h2-6,17-18,21,23,25,27,32,38,40,42H,7-16,19-20,22H2,1H3,(H,37,41)/t23-,25-,27-,32-,36+/m0/s1. The van der Waals surface area contributed by atoms with Crippen LogP contribution in [0.2, 0.25) is 0 Å². The number of hydrogen-bond acceptors (Lipinski definition) is 8. The number of carbonyl (C=O) groups is 1. The molecule has 1 aliphatic carbocycles. The number of likely N-dealkylation sites (tertiary alicyclic amines) is 1. The summed E-state index contributed by atoms with van der Waals surface area (Å²) in [7, 11) is 0. The fraction of sp³-hybridized carbons (Fsp3) is 0.528. The number of ether oxygens (including phenoxy) is 3. The van der Waals surface area contributed by atoms with Gasteiger partial charge >= 0.3 is 0 Å². The van der Waals surface area contributed by atoms with Crippen molar-refractivity contribution >= 4 is 27.8 Å². The van der Waals surface area contributed by atoms with E-state index in [-0.39, 0.29) is 30.1 Å². The van der Waals surface area contributed by atoms with Crippen molar-refractivity contribution < 1.29 is 33.6 Å². The summed E-state index contributed by atoms with van der Waals surface area (Å²) >= 11 is 0. The van der Waals surface area contributed by atoms with Crippen molar-refractivity contribution in [3.8, 4) is 11.5 Å². The smallest absolute Gasteiger partial charge is 0.267 e. The van der Waals surface area contributed by atoms with Crippen LogP contribution in [0, 0.1) is 5.92 Å². The van der Waals surface area contributed by atoms with Crippen molar-refractivity contribution in [3.63, 3.8) is 0 Å². The summed E-state index contributed by atoms with van der Waals surface area (Å²) in [5.74, 6) is 1.57. The van der Waals surface area contributed by atoms with Crippen LogP contribution in [0.15, 0.2) is 53.1 Å². The van der Waals surface area contributed by atoms with E-state index in [2.05, 4.69) is 22.1 Å². The molecular formula is C36H45N3O7. The van der Waals surface area contributed by atoms with Crippen molar-refractivity contribution in [2.24, 2.45) is 5.92 Å². The van der Waals surface area contributed by atoms with Crippen LogP contribution < -0.4 is 14.8 Å². The summed E-state index contributed by atoms with van der Waals surface area (Å²) in [6.07, 6.45) is 6.81. The van der Waals surface area contributed by atoms with Gasteiger partial charge in [-0.25, -0.2) is 0 Å². The molecule has 46 heavy (non-hydrogen) atoms. The number of benzene rings is 2. The average Bonchev–Trinajstić information content (AvgIpc) is 3.82. The molecule has 3 aliphatic rings. The summed E-state index contributed by atoms with van der Waals surface area (Å²) in [6.45, 7) is 6.34. The molecule has 0 spiro atoms. The first-order valence-corrected chi connectivity index (χ1v) is 16.7. The van der Waals surface area contributed by atoms with Crippen LogP contribution in [-0.4, -0.2) is 82.7 Å². The number of amides is 1. The van der Waals surface area contributed by atoms with E-state index in [0.717, 1.165) is 91.5 Å². The molecule has 2 aromatic heterocycles. The molecule has 2 aromatic carbocycles. The molecule has 2 saturated heterocycles. The summed E-state index contributed by atoms with van der Waals surface area (Å²) in [5, 5.41) is 26.2. The lowest BCUT2D eigenvalue weighted by Gasteiger charge is -2.39. The van der Waals surface area contributed by atoms with Gasteiger partial charge in [0, 0.05) is 60.0 Å². The second-order valence-corrected chi connectivity index (χ2v) is 13.6.